The molecule has 10 heteroatoms. The normalized spacial score (nSPS) is 39.9. The Kier molecular flexibility index (Phi) is 6.75. The van der Waals surface area contributed by atoms with Crippen molar-refractivity contribution in [3.05, 3.63) is 47.2 Å². The van der Waals surface area contributed by atoms with Crippen LogP contribution in [0.25, 0.3) is 0 Å². The van der Waals surface area contributed by atoms with Crippen LogP contribution < -0.4 is 0 Å². The average Bonchev–Trinajstić information content (AvgIpc) is 2.88. The number of aliphatic hydroxyl groups is 2. The highest BCUT2D eigenvalue weighted by molar-refractivity contribution is 6.01. The van der Waals surface area contributed by atoms with Crippen LogP contribution in [-0.4, -0.2) is 70.5 Å². The number of esters is 2. The lowest BCUT2D eigenvalue weighted by atomic mass is 9.45. The van der Waals surface area contributed by atoms with E-state index < -0.39 is 69.9 Å². The van der Waals surface area contributed by atoms with Gasteiger partial charge in [0, 0.05) is 30.1 Å². The smallest absolute Gasteiger partial charge is 0.338 e. The Morgan fingerprint density at radius 2 is 1.82 bits per heavy atom. The first kappa shape index (κ1) is 28.4. The lowest BCUT2D eigenvalue weighted by Crippen LogP contribution is -2.78. The van der Waals surface area contributed by atoms with Crippen LogP contribution in [0.15, 0.2) is 41.7 Å². The van der Waals surface area contributed by atoms with Crippen molar-refractivity contribution in [3.63, 3.8) is 0 Å². The number of carbonyl (C=O) groups is 4. The zero-order chi connectivity index (χ0) is 29.3. The first-order valence-corrected chi connectivity index (χ1v) is 13.6. The fourth-order valence-corrected chi connectivity index (χ4v) is 7.83. The Morgan fingerprint density at radius 3 is 2.40 bits per heavy atom. The second-order valence-corrected chi connectivity index (χ2v) is 12.4. The van der Waals surface area contributed by atoms with Crippen LogP contribution in [0.2, 0.25) is 0 Å². The maximum Gasteiger partial charge on any atom is 0.338 e. The summed E-state index contributed by atoms with van der Waals surface area (Å²) < 4.78 is 23.4. The highest BCUT2D eigenvalue weighted by Gasteiger charge is 2.75. The van der Waals surface area contributed by atoms with Crippen molar-refractivity contribution in [1.82, 2.24) is 0 Å². The van der Waals surface area contributed by atoms with Gasteiger partial charge in [-0.3, -0.25) is 14.4 Å². The van der Waals surface area contributed by atoms with Crippen LogP contribution in [-0.2, 0) is 33.3 Å². The van der Waals surface area contributed by atoms with Gasteiger partial charge in [-0.1, -0.05) is 45.9 Å². The minimum Gasteiger partial charge on any atom is -0.455 e. The first-order chi connectivity index (χ1) is 18.7. The van der Waals surface area contributed by atoms with Gasteiger partial charge in [0.2, 0.25) is 5.78 Å². The van der Waals surface area contributed by atoms with Gasteiger partial charge in [0.25, 0.3) is 6.47 Å². The second-order valence-electron chi connectivity index (χ2n) is 12.4. The summed E-state index contributed by atoms with van der Waals surface area (Å²) in [7, 11) is 0. The predicted molar refractivity (Wildman–Crippen MR) is 138 cm³/mol. The van der Waals surface area contributed by atoms with E-state index in [1.807, 2.05) is 0 Å². The van der Waals surface area contributed by atoms with Gasteiger partial charge in [-0.05, 0) is 30.5 Å². The SMILES string of the molecule is CC(=O)O[C@@]12CO[C@@H]1CC[C@@]1(C)C(=O)C(OC=O)=C3C(C)[C@@H](O)C[C@@](O)([C@@H](OC(=O)c4ccccc4)[C@H]21)C3(C)C. The van der Waals surface area contributed by atoms with E-state index in [2.05, 4.69) is 0 Å². The van der Waals surface area contributed by atoms with Crippen LogP contribution in [0.3, 0.4) is 0 Å². The summed E-state index contributed by atoms with van der Waals surface area (Å²) in [4.78, 5) is 52.4. The van der Waals surface area contributed by atoms with Crippen molar-refractivity contribution < 1.29 is 48.3 Å². The van der Waals surface area contributed by atoms with Crippen LogP contribution in [0.4, 0.5) is 0 Å². The molecular formula is C30H36O10. The summed E-state index contributed by atoms with van der Waals surface area (Å²) in [5.74, 6) is -3.92. The quantitative estimate of drug-likeness (QED) is 0.315. The molecule has 0 amide bonds. The van der Waals surface area contributed by atoms with E-state index in [-0.39, 0.29) is 42.8 Å². The topological polar surface area (TPSA) is 146 Å². The molecule has 3 aliphatic carbocycles. The molecule has 2 saturated carbocycles. The number of fused-ring (bicyclic) bond motifs is 5. The molecule has 1 heterocycles. The standard InChI is InChI=1S/C30H36O10/c1-16-19(33)13-30(36)25(39-26(35)18-9-7-6-8-10-18)23-28(5,12-11-20-29(23,14-37-20)40-17(2)32)24(34)22(38-15-31)21(16)27(30,3)4/h6-10,15-16,19-20,23,25,33,36H,11-14H2,1-5H3/t16?,19-,20+,23-,25-,28+,29-,30+/m0/s1. The average molecular weight is 557 g/mol. The van der Waals surface area contributed by atoms with Crippen LogP contribution in [0.5, 0.6) is 0 Å². The zero-order valence-corrected chi connectivity index (χ0v) is 23.3. The van der Waals surface area contributed by atoms with Gasteiger partial charge in [0.1, 0.15) is 17.8 Å². The van der Waals surface area contributed by atoms with Crippen LogP contribution in [0, 0.1) is 22.7 Å². The minimum atomic E-state index is -1.98. The molecule has 1 saturated heterocycles. The molecule has 1 unspecified atom stereocenters. The number of aliphatic hydroxyl groups excluding tert-OH is 1. The highest BCUT2D eigenvalue weighted by atomic mass is 16.6. The van der Waals surface area contributed by atoms with E-state index in [4.69, 9.17) is 18.9 Å². The molecule has 8 atom stereocenters. The van der Waals surface area contributed by atoms with E-state index in [1.165, 1.54) is 6.92 Å². The molecule has 1 aromatic carbocycles. The third kappa shape index (κ3) is 3.79. The second kappa shape index (κ2) is 9.49. The molecule has 10 nitrogen and oxygen atoms in total. The summed E-state index contributed by atoms with van der Waals surface area (Å²) in [5.41, 5.74) is -5.65. The summed E-state index contributed by atoms with van der Waals surface area (Å²) in [6.45, 7) is 8.04. The van der Waals surface area contributed by atoms with E-state index in [9.17, 15) is 29.4 Å². The molecule has 2 bridgehead atoms. The molecule has 3 fully saturated rings. The summed E-state index contributed by atoms with van der Waals surface area (Å²) in [6.07, 6.45) is -2.86. The zero-order valence-electron chi connectivity index (χ0n) is 23.3. The molecule has 4 aliphatic rings. The number of ether oxygens (including phenoxy) is 4. The third-order valence-corrected chi connectivity index (χ3v) is 9.99. The van der Waals surface area contributed by atoms with Crippen molar-refractivity contribution in [2.75, 3.05) is 6.61 Å². The number of Topliss-reactive ketones (excluding diaryl/α,β-unsaturated/α-hetero) is 1. The summed E-state index contributed by atoms with van der Waals surface area (Å²) >= 11 is 0. The molecule has 0 spiro atoms. The Balaban J connectivity index is 1.82. The van der Waals surface area contributed by atoms with Crippen molar-refractivity contribution in [2.24, 2.45) is 22.7 Å². The number of ketones is 1. The van der Waals surface area contributed by atoms with Crippen molar-refractivity contribution in [1.29, 1.82) is 0 Å². The Labute approximate surface area is 232 Å². The number of hydrogen-bond acceptors (Lipinski definition) is 10. The van der Waals surface area contributed by atoms with E-state index >= 15 is 0 Å². The Morgan fingerprint density at radius 1 is 1.15 bits per heavy atom. The molecule has 2 N–H and O–H groups in total. The number of carbonyl (C=O) groups excluding carboxylic acids is 4. The number of benzene rings is 1. The molecule has 40 heavy (non-hydrogen) atoms. The molecule has 0 radical (unpaired) electrons. The van der Waals surface area contributed by atoms with Gasteiger partial charge < -0.3 is 29.2 Å². The first-order valence-electron chi connectivity index (χ1n) is 13.6. The molecular weight excluding hydrogens is 520 g/mol. The molecule has 216 valence electrons. The highest BCUT2D eigenvalue weighted by Crippen LogP contribution is 2.64. The van der Waals surface area contributed by atoms with Gasteiger partial charge >= 0.3 is 11.9 Å². The number of rotatable bonds is 5. The van der Waals surface area contributed by atoms with E-state index in [0.29, 0.717) is 6.42 Å². The van der Waals surface area contributed by atoms with Gasteiger partial charge in [-0.25, -0.2) is 4.79 Å². The third-order valence-electron chi connectivity index (χ3n) is 9.99. The molecule has 1 aromatic rings. The summed E-state index contributed by atoms with van der Waals surface area (Å²) in [5, 5.41) is 24.0. The summed E-state index contributed by atoms with van der Waals surface area (Å²) in [6, 6.07) is 8.24. The van der Waals surface area contributed by atoms with Crippen LogP contribution >= 0.6 is 0 Å². The molecule has 0 aromatic heterocycles. The lowest BCUT2D eigenvalue weighted by molar-refractivity contribution is -0.332. The fraction of sp³-hybridized carbons (Fsp3) is 0.600. The predicted octanol–water partition coefficient (Wildman–Crippen LogP) is 2.50. The van der Waals surface area contributed by atoms with Crippen LogP contribution in [0.1, 0.15) is 64.2 Å². The van der Waals surface area contributed by atoms with E-state index in [1.54, 1.807) is 58.0 Å². The monoisotopic (exact) mass is 556 g/mol. The van der Waals surface area contributed by atoms with Gasteiger partial charge in [-0.2, -0.15) is 0 Å². The van der Waals surface area contributed by atoms with Gasteiger partial charge in [0.15, 0.2) is 11.4 Å². The number of hydrogen-bond donors (Lipinski definition) is 2. The molecule has 1 aliphatic heterocycles. The Bertz CT molecular complexity index is 1270. The largest absolute Gasteiger partial charge is 0.455 e. The van der Waals surface area contributed by atoms with Gasteiger partial charge in [-0.15, -0.1) is 0 Å². The maximum absolute atomic E-state index is 14.6. The lowest BCUT2D eigenvalue weighted by Gasteiger charge is -2.66. The van der Waals surface area contributed by atoms with Crippen molar-refractivity contribution in [3.8, 4) is 0 Å². The molecule has 5 rings (SSSR count). The maximum atomic E-state index is 14.6. The number of allylic oxidation sites excluding steroid dienone is 1. The van der Waals surface area contributed by atoms with Crippen molar-refractivity contribution >= 4 is 24.2 Å². The minimum absolute atomic E-state index is 0.0833. The van der Waals surface area contributed by atoms with E-state index in [0.717, 1.165) is 0 Å². The van der Waals surface area contributed by atoms with Crippen molar-refractivity contribution in [2.45, 2.75) is 83.4 Å². The fourth-order valence-electron chi connectivity index (χ4n) is 7.83. The Hall–Kier alpha value is -3.08. The van der Waals surface area contributed by atoms with Gasteiger partial charge in [0.05, 0.1) is 24.2 Å².